The average molecular weight is 328 g/mol. The fourth-order valence-corrected chi connectivity index (χ4v) is 2.54. The molecule has 1 atom stereocenters. The van der Waals surface area contributed by atoms with Crippen LogP contribution in [0, 0.1) is 6.92 Å². The first-order chi connectivity index (χ1) is 11.3. The molecule has 0 radical (unpaired) electrons. The quantitative estimate of drug-likeness (QED) is 0.907. The Hall–Kier alpha value is -2.60. The van der Waals surface area contributed by atoms with E-state index in [2.05, 4.69) is 15.3 Å². The number of nitrogens with one attached hydrogen (secondary N) is 1. The van der Waals surface area contributed by atoms with Crippen molar-refractivity contribution < 1.29 is 8.78 Å². The van der Waals surface area contributed by atoms with Gasteiger partial charge < -0.3 is 5.32 Å². The number of hydrogen-bond donors (Lipinski definition) is 2. The zero-order chi connectivity index (χ0) is 17.3. The zero-order valence-corrected chi connectivity index (χ0v) is 13.4. The van der Waals surface area contributed by atoms with Crippen molar-refractivity contribution in [3.8, 4) is 11.1 Å². The summed E-state index contributed by atoms with van der Waals surface area (Å²) < 4.78 is 26.8. The molecule has 3 N–H and O–H groups in total. The lowest BCUT2D eigenvalue weighted by atomic mass is 9.97. The number of aromatic nitrogens is 1. The third kappa shape index (κ3) is 3.33. The van der Waals surface area contributed by atoms with Gasteiger partial charge in [0, 0.05) is 42.2 Å². The topological polar surface area (TPSA) is 63.3 Å². The Balaban J connectivity index is 1.88. The first-order valence-corrected chi connectivity index (χ1v) is 7.55. The van der Waals surface area contributed by atoms with Crippen LogP contribution in [0.3, 0.4) is 0 Å². The standard InChI is InChI=1S/C18H18F2N4/c1-11-7-14(18(2,19)20)4-5-15(11)12-3-6-16(22-8-12)13-9-23-17(21)24-10-13/h3-10,17,23H,21H2,1-2H3. The van der Waals surface area contributed by atoms with Crippen molar-refractivity contribution in [2.24, 2.45) is 10.7 Å². The summed E-state index contributed by atoms with van der Waals surface area (Å²) in [7, 11) is 0. The molecule has 0 saturated heterocycles. The number of halogens is 2. The Kier molecular flexibility index (Phi) is 4.15. The number of nitrogens with two attached hydrogens (primary N) is 1. The number of pyridine rings is 1. The lowest BCUT2D eigenvalue weighted by molar-refractivity contribution is 0.0174. The van der Waals surface area contributed by atoms with Crippen LogP contribution in [0.4, 0.5) is 8.78 Å². The van der Waals surface area contributed by atoms with Gasteiger partial charge in [-0.25, -0.2) is 8.78 Å². The van der Waals surface area contributed by atoms with Crippen LogP contribution in [0.15, 0.2) is 47.7 Å². The van der Waals surface area contributed by atoms with E-state index in [4.69, 9.17) is 5.73 Å². The number of aryl methyl sites for hydroxylation is 1. The van der Waals surface area contributed by atoms with Crippen LogP contribution in [0.25, 0.3) is 16.7 Å². The van der Waals surface area contributed by atoms with E-state index in [9.17, 15) is 8.78 Å². The van der Waals surface area contributed by atoms with E-state index in [1.165, 1.54) is 12.1 Å². The molecule has 1 aliphatic heterocycles. The minimum absolute atomic E-state index is 0.0133. The van der Waals surface area contributed by atoms with Gasteiger partial charge in [-0.05, 0) is 30.2 Å². The maximum absolute atomic E-state index is 13.4. The number of aliphatic imine (C=N–C) groups is 1. The van der Waals surface area contributed by atoms with Crippen molar-refractivity contribution >= 4 is 11.8 Å². The van der Waals surface area contributed by atoms with E-state index < -0.39 is 12.2 Å². The highest BCUT2D eigenvalue weighted by Crippen LogP contribution is 2.31. The van der Waals surface area contributed by atoms with Gasteiger partial charge in [-0.3, -0.25) is 15.7 Å². The molecule has 6 heteroatoms. The van der Waals surface area contributed by atoms with Crippen LogP contribution in [0.5, 0.6) is 0 Å². The number of alkyl halides is 2. The molecule has 0 bridgehead atoms. The van der Waals surface area contributed by atoms with Gasteiger partial charge in [-0.15, -0.1) is 0 Å². The van der Waals surface area contributed by atoms with Crippen LogP contribution >= 0.6 is 0 Å². The van der Waals surface area contributed by atoms with Gasteiger partial charge in [0.25, 0.3) is 5.92 Å². The number of allylic oxidation sites excluding steroid dienone is 1. The molecule has 1 aromatic carbocycles. The summed E-state index contributed by atoms with van der Waals surface area (Å²) in [5.74, 6) is -2.84. The van der Waals surface area contributed by atoms with Gasteiger partial charge in [-0.2, -0.15) is 0 Å². The third-order valence-electron chi connectivity index (χ3n) is 3.89. The van der Waals surface area contributed by atoms with Crippen LogP contribution < -0.4 is 11.1 Å². The number of benzene rings is 1. The maximum atomic E-state index is 13.4. The second kappa shape index (κ2) is 6.13. The molecular formula is C18H18F2N4. The molecule has 24 heavy (non-hydrogen) atoms. The van der Waals surface area contributed by atoms with Gasteiger partial charge in [0.1, 0.15) is 0 Å². The van der Waals surface area contributed by atoms with Gasteiger partial charge in [-0.1, -0.05) is 18.2 Å². The molecule has 4 nitrogen and oxygen atoms in total. The van der Waals surface area contributed by atoms with Crippen molar-refractivity contribution in [2.45, 2.75) is 26.1 Å². The van der Waals surface area contributed by atoms with E-state index in [-0.39, 0.29) is 5.56 Å². The van der Waals surface area contributed by atoms with Crippen molar-refractivity contribution in [1.82, 2.24) is 10.3 Å². The highest BCUT2D eigenvalue weighted by molar-refractivity contribution is 6.09. The van der Waals surface area contributed by atoms with Crippen molar-refractivity contribution in [3.63, 3.8) is 0 Å². The Morgan fingerprint density at radius 2 is 2.00 bits per heavy atom. The normalized spacial score (nSPS) is 17.4. The molecule has 1 unspecified atom stereocenters. The van der Waals surface area contributed by atoms with Gasteiger partial charge in [0.15, 0.2) is 6.29 Å². The summed E-state index contributed by atoms with van der Waals surface area (Å²) >= 11 is 0. The van der Waals surface area contributed by atoms with E-state index in [1.807, 2.05) is 19.1 Å². The Labute approximate surface area is 139 Å². The summed E-state index contributed by atoms with van der Waals surface area (Å²) in [6.07, 6.45) is 4.74. The first-order valence-electron chi connectivity index (χ1n) is 7.55. The second-order valence-electron chi connectivity index (χ2n) is 5.84. The molecule has 0 saturated carbocycles. The lowest BCUT2D eigenvalue weighted by Gasteiger charge is -2.15. The largest absolute Gasteiger partial charge is 0.357 e. The van der Waals surface area contributed by atoms with Crippen LogP contribution in [-0.4, -0.2) is 17.5 Å². The van der Waals surface area contributed by atoms with Crippen molar-refractivity contribution in [2.75, 3.05) is 0 Å². The van der Waals surface area contributed by atoms with Gasteiger partial charge in [0.2, 0.25) is 0 Å². The summed E-state index contributed by atoms with van der Waals surface area (Å²) in [4.78, 5) is 8.50. The predicted molar refractivity (Wildman–Crippen MR) is 91.6 cm³/mol. The highest BCUT2D eigenvalue weighted by Gasteiger charge is 2.24. The Morgan fingerprint density at radius 3 is 2.54 bits per heavy atom. The van der Waals surface area contributed by atoms with Crippen LogP contribution in [-0.2, 0) is 5.92 Å². The monoisotopic (exact) mass is 328 g/mol. The van der Waals surface area contributed by atoms with E-state index in [0.717, 1.165) is 34.9 Å². The summed E-state index contributed by atoms with van der Waals surface area (Å²) in [6, 6.07) is 8.47. The number of rotatable bonds is 3. The SMILES string of the molecule is Cc1cc(C(C)(F)F)ccc1-c1ccc(C2=CNC(N)N=C2)nc1. The van der Waals surface area contributed by atoms with E-state index in [0.29, 0.717) is 0 Å². The third-order valence-corrected chi connectivity index (χ3v) is 3.89. The fourth-order valence-electron chi connectivity index (χ4n) is 2.54. The van der Waals surface area contributed by atoms with E-state index in [1.54, 1.807) is 24.7 Å². The number of hydrogen-bond acceptors (Lipinski definition) is 4. The maximum Gasteiger partial charge on any atom is 0.270 e. The minimum Gasteiger partial charge on any atom is -0.357 e. The minimum atomic E-state index is -2.84. The lowest BCUT2D eigenvalue weighted by Crippen LogP contribution is -2.34. The van der Waals surface area contributed by atoms with Crippen LogP contribution in [0.2, 0.25) is 0 Å². The molecule has 1 aromatic heterocycles. The molecule has 0 aliphatic carbocycles. The zero-order valence-electron chi connectivity index (χ0n) is 13.4. The molecule has 2 aromatic rings. The van der Waals surface area contributed by atoms with Crippen LogP contribution in [0.1, 0.15) is 23.7 Å². The smallest absolute Gasteiger partial charge is 0.270 e. The van der Waals surface area contributed by atoms with Gasteiger partial charge in [0.05, 0.1) is 5.69 Å². The van der Waals surface area contributed by atoms with Crippen molar-refractivity contribution in [3.05, 3.63) is 59.5 Å². The Morgan fingerprint density at radius 1 is 1.21 bits per heavy atom. The van der Waals surface area contributed by atoms with Crippen molar-refractivity contribution in [1.29, 1.82) is 0 Å². The summed E-state index contributed by atoms with van der Waals surface area (Å²) in [5, 5.41) is 2.91. The molecule has 0 amide bonds. The summed E-state index contributed by atoms with van der Waals surface area (Å²) in [5.41, 5.74) is 9.76. The molecule has 0 fully saturated rings. The van der Waals surface area contributed by atoms with E-state index >= 15 is 0 Å². The average Bonchev–Trinajstić information content (AvgIpc) is 2.55. The molecular weight excluding hydrogens is 310 g/mol. The second-order valence-corrected chi connectivity index (χ2v) is 5.84. The fraction of sp³-hybridized carbons (Fsp3) is 0.222. The summed E-state index contributed by atoms with van der Waals surface area (Å²) in [6.45, 7) is 2.72. The molecule has 124 valence electrons. The molecule has 2 heterocycles. The Bertz CT molecular complexity index is 805. The first kappa shape index (κ1) is 16.3. The molecule has 3 rings (SSSR count). The molecule has 1 aliphatic rings. The highest BCUT2D eigenvalue weighted by atomic mass is 19.3. The van der Waals surface area contributed by atoms with Gasteiger partial charge >= 0.3 is 0 Å². The molecule has 0 spiro atoms. The predicted octanol–water partition coefficient (Wildman–Crippen LogP) is 3.43. The number of nitrogens with zero attached hydrogens (tertiary/aromatic N) is 2.